The van der Waals surface area contributed by atoms with Crippen molar-refractivity contribution >= 4 is 5.82 Å². The van der Waals surface area contributed by atoms with Gasteiger partial charge in [0, 0.05) is 24.9 Å². The molecule has 100 valence electrons. The van der Waals surface area contributed by atoms with Crippen molar-refractivity contribution in [2.24, 2.45) is 5.41 Å². The summed E-state index contributed by atoms with van der Waals surface area (Å²) in [6.45, 7) is 1.56. The number of aryl methyl sites for hydroxylation is 1. The Kier molecular flexibility index (Phi) is 3.29. The highest BCUT2D eigenvalue weighted by Crippen LogP contribution is 2.48. The molecule has 1 aromatic heterocycles. The van der Waals surface area contributed by atoms with Crippen LogP contribution in [0.3, 0.4) is 0 Å². The Morgan fingerprint density at radius 3 is 2.94 bits per heavy atom. The fourth-order valence-electron chi connectivity index (χ4n) is 3.62. The number of ether oxygens (including phenoxy) is 1. The molecule has 1 fully saturated rings. The largest absolute Gasteiger partial charge is 0.383 e. The predicted molar refractivity (Wildman–Crippen MR) is 71.9 cm³/mol. The van der Waals surface area contributed by atoms with Crippen molar-refractivity contribution in [1.82, 2.24) is 10.2 Å². The Labute approximate surface area is 108 Å². The number of aromatic nitrogens is 2. The van der Waals surface area contributed by atoms with Gasteiger partial charge in [0.15, 0.2) is 5.82 Å². The molecule has 0 aromatic carbocycles. The van der Waals surface area contributed by atoms with Crippen LogP contribution in [0.1, 0.15) is 43.4 Å². The van der Waals surface area contributed by atoms with Gasteiger partial charge in [-0.15, -0.1) is 0 Å². The van der Waals surface area contributed by atoms with E-state index < -0.39 is 0 Å². The van der Waals surface area contributed by atoms with E-state index in [4.69, 9.17) is 4.74 Å². The summed E-state index contributed by atoms with van der Waals surface area (Å²) in [6, 6.07) is 0. The van der Waals surface area contributed by atoms with Gasteiger partial charge in [-0.2, -0.15) is 5.10 Å². The second-order valence-corrected chi connectivity index (χ2v) is 5.83. The summed E-state index contributed by atoms with van der Waals surface area (Å²) in [4.78, 5) is 0. The Morgan fingerprint density at radius 1 is 1.33 bits per heavy atom. The molecule has 1 spiro atoms. The van der Waals surface area contributed by atoms with Crippen LogP contribution in [-0.4, -0.2) is 30.5 Å². The van der Waals surface area contributed by atoms with Crippen molar-refractivity contribution < 1.29 is 4.74 Å². The fourth-order valence-corrected chi connectivity index (χ4v) is 3.62. The van der Waals surface area contributed by atoms with Crippen LogP contribution < -0.4 is 5.32 Å². The van der Waals surface area contributed by atoms with Crippen molar-refractivity contribution in [2.75, 3.05) is 25.6 Å². The zero-order chi connectivity index (χ0) is 12.4. The third kappa shape index (κ3) is 2.14. The molecular formula is C14H23N3O. The van der Waals surface area contributed by atoms with Gasteiger partial charge in [0.1, 0.15) is 0 Å². The monoisotopic (exact) mass is 249 g/mol. The third-order valence-electron chi connectivity index (χ3n) is 4.67. The molecule has 1 saturated carbocycles. The second kappa shape index (κ2) is 4.92. The quantitative estimate of drug-likeness (QED) is 0.806. The lowest BCUT2D eigenvalue weighted by molar-refractivity contribution is 0.210. The molecule has 0 saturated heterocycles. The fraction of sp³-hybridized carbons (Fsp3) is 0.786. The Bertz CT molecular complexity index is 407. The van der Waals surface area contributed by atoms with Gasteiger partial charge in [-0.3, -0.25) is 5.10 Å². The first-order chi connectivity index (χ1) is 8.83. The molecule has 0 bridgehead atoms. The number of rotatable bonds is 4. The van der Waals surface area contributed by atoms with Gasteiger partial charge in [0.2, 0.25) is 0 Å². The van der Waals surface area contributed by atoms with Crippen molar-refractivity contribution in [3.8, 4) is 0 Å². The van der Waals surface area contributed by atoms with Crippen LogP contribution in [0.5, 0.6) is 0 Å². The minimum Gasteiger partial charge on any atom is -0.383 e. The molecule has 0 unspecified atom stereocenters. The standard InChI is InChI=1S/C14H23N3O/c1-18-9-8-15-13-11-10-14(5-2-3-6-14)7-4-12(11)16-17-13/h2-10H2,1H3,(H2,15,16,17). The molecule has 2 aliphatic rings. The molecule has 2 aliphatic carbocycles. The van der Waals surface area contributed by atoms with E-state index in [1.54, 1.807) is 7.11 Å². The summed E-state index contributed by atoms with van der Waals surface area (Å²) in [6.07, 6.45) is 9.39. The number of anilines is 1. The summed E-state index contributed by atoms with van der Waals surface area (Å²) >= 11 is 0. The van der Waals surface area contributed by atoms with Crippen LogP contribution in [0.25, 0.3) is 0 Å². The van der Waals surface area contributed by atoms with Crippen molar-refractivity contribution in [3.63, 3.8) is 0 Å². The van der Waals surface area contributed by atoms with Gasteiger partial charge in [-0.1, -0.05) is 12.8 Å². The number of H-pyrrole nitrogens is 1. The number of methoxy groups -OCH3 is 1. The summed E-state index contributed by atoms with van der Waals surface area (Å²) in [5.74, 6) is 1.06. The third-order valence-corrected chi connectivity index (χ3v) is 4.67. The van der Waals surface area contributed by atoms with Gasteiger partial charge in [-0.25, -0.2) is 0 Å². The molecule has 3 rings (SSSR count). The molecule has 18 heavy (non-hydrogen) atoms. The highest BCUT2D eigenvalue weighted by atomic mass is 16.5. The molecule has 0 amide bonds. The first kappa shape index (κ1) is 12.0. The zero-order valence-electron chi connectivity index (χ0n) is 11.2. The van der Waals surface area contributed by atoms with Gasteiger partial charge in [0.25, 0.3) is 0 Å². The Hall–Kier alpha value is -1.03. The van der Waals surface area contributed by atoms with Gasteiger partial charge in [0.05, 0.1) is 6.61 Å². The highest BCUT2D eigenvalue weighted by Gasteiger charge is 2.38. The Balaban J connectivity index is 1.74. The van der Waals surface area contributed by atoms with Crippen LogP contribution in [0.15, 0.2) is 0 Å². The van der Waals surface area contributed by atoms with Gasteiger partial charge in [-0.05, 0) is 37.5 Å². The minimum atomic E-state index is 0.592. The molecule has 0 aliphatic heterocycles. The molecule has 0 atom stereocenters. The lowest BCUT2D eigenvalue weighted by atomic mass is 9.72. The molecule has 2 N–H and O–H groups in total. The summed E-state index contributed by atoms with van der Waals surface area (Å²) in [5, 5.41) is 11.0. The number of fused-ring (bicyclic) bond motifs is 1. The van der Waals surface area contributed by atoms with Crippen molar-refractivity contribution in [3.05, 3.63) is 11.3 Å². The lowest BCUT2D eigenvalue weighted by Gasteiger charge is -2.33. The average Bonchev–Trinajstić information content (AvgIpc) is 2.98. The molecule has 0 radical (unpaired) electrons. The number of nitrogens with one attached hydrogen (secondary N) is 2. The number of hydrogen-bond acceptors (Lipinski definition) is 3. The number of hydrogen-bond donors (Lipinski definition) is 2. The number of aromatic amines is 1. The van der Waals surface area contributed by atoms with Crippen molar-refractivity contribution in [2.45, 2.75) is 44.9 Å². The van der Waals surface area contributed by atoms with E-state index in [0.29, 0.717) is 5.41 Å². The normalized spacial score (nSPS) is 21.2. The first-order valence-corrected chi connectivity index (χ1v) is 7.12. The van der Waals surface area contributed by atoms with E-state index in [9.17, 15) is 0 Å². The predicted octanol–water partition coefficient (Wildman–Crippen LogP) is 2.52. The SMILES string of the molecule is COCCNc1n[nH]c2c1CC1(CCCC1)CC2. The zero-order valence-corrected chi connectivity index (χ0v) is 11.2. The maximum Gasteiger partial charge on any atom is 0.151 e. The van der Waals surface area contributed by atoms with Crippen LogP contribution >= 0.6 is 0 Å². The average molecular weight is 249 g/mol. The van der Waals surface area contributed by atoms with Crippen LogP contribution in [-0.2, 0) is 17.6 Å². The van der Waals surface area contributed by atoms with E-state index in [1.807, 2.05) is 0 Å². The lowest BCUT2D eigenvalue weighted by Crippen LogP contribution is -2.26. The van der Waals surface area contributed by atoms with Gasteiger partial charge < -0.3 is 10.1 Å². The molecule has 1 aromatic rings. The maximum atomic E-state index is 5.08. The van der Waals surface area contributed by atoms with E-state index >= 15 is 0 Å². The van der Waals surface area contributed by atoms with Crippen molar-refractivity contribution in [1.29, 1.82) is 0 Å². The first-order valence-electron chi connectivity index (χ1n) is 7.12. The minimum absolute atomic E-state index is 0.592. The number of nitrogens with zero attached hydrogens (tertiary/aromatic N) is 1. The van der Waals surface area contributed by atoms with Crippen LogP contribution in [0.4, 0.5) is 5.82 Å². The molecule has 1 heterocycles. The second-order valence-electron chi connectivity index (χ2n) is 5.83. The smallest absolute Gasteiger partial charge is 0.151 e. The van der Waals surface area contributed by atoms with Crippen LogP contribution in [0, 0.1) is 5.41 Å². The van der Waals surface area contributed by atoms with Crippen LogP contribution in [0.2, 0.25) is 0 Å². The van der Waals surface area contributed by atoms with E-state index in [2.05, 4.69) is 15.5 Å². The topological polar surface area (TPSA) is 49.9 Å². The summed E-state index contributed by atoms with van der Waals surface area (Å²) in [7, 11) is 1.73. The summed E-state index contributed by atoms with van der Waals surface area (Å²) in [5.41, 5.74) is 3.39. The van der Waals surface area contributed by atoms with E-state index in [1.165, 1.54) is 56.2 Å². The molecule has 4 heteroatoms. The maximum absolute atomic E-state index is 5.08. The molecule has 4 nitrogen and oxygen atoms in total. The van der Waals surface area contributed by atoms with E-state index in [0.717, 1.165) is 19.0 Å². The summed E-state index contributed by atoms with van der Waals surface area (Å²) < 4.78 is 5.08. The Morgan fingerprint density at radius 2 is 2.17 bits per heavy atom. The van der Waals surface area contributed by atoms with E-state index in [-0.39, 0.29) is 0 Å². The molecular weight excluding hydrogens is 226 g/mol. The highest BCUT2D eigenvalue weighted by molar-refractivity contribution is 5.48. The van der Waals surface area contributed by atoms with Gasteiger partial charge >= 0.3 is 0 Å².